The van der Waals surface area contributed by atoms with Gasteiger partial charge in [-0.05, 0) is 23.8 Å². The molecule has 0 aromatic heterocycles. The second-order valence-electron chi connectivity index (χ2n) is 7.47. The van der Waals surface area contributed by atoms with Crippen LogP contribution in [0.3, 0.4) is 0 Å². The standard InChI is InChI=1S/C24H20N2O3/c27-22(25-17-11-5-2-6-12-17)21-19-15-24(26-23(21)28,16-9-3-1-4-10-16)29-20-14-8-7-13-18(19)20/h1-14,19,21H,15H2,(H,25,27)(H,26,28)/t19-,21+,24+/m0/s1. The molecule has 0 saturated carbocycles. The molecule has 2 aliphatic rings. The van der Waals surface area contributed by atoms with Crippen molar-refractivity contribution >= 4 is 17.5 Å². The van der Waals surface area contributed by atoms with E-state index >= 15 is 0 Å². The van der Waals surface area contributed by atoms with Crippen LogP contribution in [-0.2, 0) is 15.3 Å². The number of carbonyl (C=O) groups excluding carboxylic acids is 2. The van der Waals surface area contributed by atoms with E-state index in [0.717, 1.165) is 11.1 Å². The number of hydrogen-bond donors (Lipinski definition) is 2. The lowest BCUT2D eigenvalue weighted by Crippen LogP contribution is -2.62. The molecule has 2 amide bonds. The minimum absolute atomic E-state index is 0.280. The van der Waals surface area contributed by atoms with Gasteiger partial charge >= 0.3 is 0 Å². The van der Waals surface area contributed by atoms with Crippen molar-refractivity contribution in [1.29, 1.82) is 0 Å². The maximum absolute atomic E-state index is 13.2. The second-order valence-corrected chi connectivity index (χ2v) is 7.47. The summed E-state index contributed by atoms with van der Waals surface area (Å²) in [5.41, 5.74) is 1.46. The Hall–Kier alpha value is -3.60. The van der Waals surface area contributed by atoms with Gasteiger partial charge in [-0.1, -0.05) is 66.7 Å². The van der Waals surface area contributed by atoms with Gasteiger partial charge in [-0.15, -0.1) is 0 Å². The maximum atomic E-state index is 13.2. The average molecular weight is 384 g/mol. The van der Waals surface area contributed by atoms with E-state index in [2.05, 4.69) is 10.6 Å². The number of benzene rings is 3. The predicted octanol–water partition coefficient (Wildman–Crippen LogP) is 3.79. The molecule has 0 unspecified atom stereocenters. The number of ether oxygens (including phenoxy) is 1. The Balaban J connectivity index is 1.56. The molecule has 2 bridgehead atoms. The second kappa shape index (κ2) is 6.78. The number of amides is 2. The van der Waals surface area contributed by atoms with Crippen LogP contribution in [0.2, 0.25) is 0 Å². The number of piperidine rings is 1. The summed E-state index contributed by atoms with van der Waals surface area (Å²) in [6, 6.07) is 26.5. The van der Waals surface area contributed by atoms with Gasteiger partial charge in [0.2, 0.25) is 17.5 Å². The van der Waals surface area contributed by atoms with Gasteiger partial charge in [0.15, 0.2) is 0 Å². The zero-order chi connectivity index (χ0) is 19.8. The smallest absolute Gasteiger partial charge is 0.237 e. The van der Waals surface area contributed by atoms with E-state index < -0.39 is 11.6 Å². The van der Waals surface area contributed by atoms with Crippen LogP contribution in [0.25, 0.3) is 0 Å². The Kier molecular flexibility index (Phi) is 4.09. The Labute approximate surface area is 168 Å². The van der Waals surface area contributed by atoms with Gasteiger partial charge in [0, 0.05) is 23.6 Å². The lowest BCUT2D eigenvalue weighted by atomic mass is 9.72. The summed E-state index contributed by atoms with van der Waals surface area (Å²) in [5.74, 6) is -1.05. The third kappa shape index (κ3) is 2.95. The van der Waals surface area contributed by atoms with E-state index in [1.807, 2.05) is 84.9 Å². The summed E-state index contributed by atoms with van der Waals surface area (Å²) < 4.78 is 6.33. The van der Waals surface area contributed by atoms with Crippen LogP contribution in [0.4, 0.5) is 5.69 Å². The molecule has 2 N–H and O–H groups in total. The van der Waals surface area contributed by atoms with Crippen LogP contribution in [0.5, 0.6) is 5.75 Å². The van der Waals surface area contributed by atoms with Crippen molar-refractivity contribution in [3.63, 3.8) is 0 Å². The highest BCUT2D eigenvalue weighted by molar-refractivity contribution is 6.08. The van der Waals surface area contributed by atoms with Gasteiger partial charge in [0.05, 0.1) is 0 Å². The fraction of sp³-hybridized carbons (Fsp3) is 0.167. The monoisotopic (exact) mass is 384 g/mol. The molecule has 5 rings (SSSR count). The topological polar surface area (TPSA) is 67.4 Å². The van der Waals surface area contributed by atoms with Gasteiger partial charge in [-0.3, -0.25) is 9.59 Å². The molecular weight excluding hydrogens is 364 g/mol. The molecule has 1 fully saturated rings. The number of nitrogens with one attached hydrogen (secondary N) is 2. The highest BCUT2D eigenvalue weighted by Crippen LogP contribution is 2.50. The number of anilines is 1. The molecule has 3 atom stereocenters. The molecule has 0 spiro atoms. The van der Waals surface area contributed by atoms with Gasteiger partial charge < -0.3 is 15.4 Å². The minimum atomic E-state index is -0.971. The average Bonchev–Trinajstić information content (AvgIpc) is 2.75. The first-order chi connectivity index (χ1) is 14.2. The van der Waals surface area contributed by atoms with Gasteiger partial charge in [-0.2, -0.15) is 0 Å². The summed E-state index contributed by atoms with van der Waals surface area (Å²) in [7, 11) is 0. The lowest BCUT2D eigenvalue weighted by molar-refractivity contribution is -0.147. The van der Waals surface area contributed by atoms with E-state index in [4.69, 9.17) is 4.74 Å². The Morgan fingerprint density at radius 2 is 1.59 bits per heavy atom. The molecule has 5 heteroatoms. The zero-order valence-corrected chi connectivity index (χ0v) is 15.7. The highest BCUT2D eigenvalue weighted by Gasteiger charge is 2.54. The van der Waals surface area contributed by atoms with E-state index in [0.29, 0.717) is 17.9 Å². The summed E-state index contributed by atoms with van der Waals surface area (Å²) in [5, 5.41) is 5.90. The molecular formula is C24H20N2O3. The molecule has 29 heavy (non-hydrogen) atoms. The Morgan fingerprint density at radius 1 is 0.931 bits per heavy atom. The van der Waals surface area contributed by atoms with E-state index in [1.165, 1.54) is 0 Å². The third-order valence-corrected chi connectivity index (χ3v) is 5.68. The SMILES string of the molecule is O=C(Nc1ccccc1)[C@@H]1C(=O)N[C@]2(c3ccccc3)C[C@H]1c1ccccc1O2. The molecule has 144 valence electrons. The molecule has 2 aliphatic heterocycles. The maximum Gasteiger partial charge on any atom is 0.237 e. The van der Waals surface area contributed by atoms with E-state index in [9.17, 15) is 9.59 Å². The number of fused-ring (bicyclic) bond motifs is 4. The Morgan fingerprint density at radius 3 is 2.34 bits per heavy atom. The van der Waals surface area contributed by atoms with Crippen molar-refractivity contribution in [2.45, 2.75) is 18.1 Å². The molecule has 2 heterocycles. The van der Waals surface area contributed by atoms with Crippen molar-refractivity contribution in [2.24, 2.45) is 5.92 Å². The fourth-order valence-corrected chi connectivity index (χ4v) is 4.36. The fourth-order valence-electron chi connectivity index (χ4n) is 4.36. The molecule has 0 radical (unpaired) electrons. The quantitative estimate of drug-likeness (QED) is 0.675. The highest BCUT2D eigenvalue weighted by atomic mass is 16.5. The van der Waals surface area contributed by atoms with Crippen molar-refractivity contribution < 1.29 is 14.3 Å². The van der Waals surface area contributed by atoms with Gasteiger partial charge in [0.1, 0.15) is 11.7 Å². The largest absolute Gasteiger partial charge is 0.464 e. The first-order valence-electron chi connectivity index (χ1n) is 9.68. The molecule has 3 aromatic carbocycles. The lowest BCUT2D eigenvalue weighted by Gasteiger charge is -2.48. The van der Waals surface area contributed by atoms with Crippen molar-refractivity contribution in [1.82, 2.24) is 5.32 Å². The number of carbonyl (C=O) groups is 2. The van der Waals surface area contributed by atoms with E-state index in [1.54, 1.807) is 0 Å². The van der Waals surface area contributed by atoms with Gasteiger partial charge in [-0.25, -0.2) is 0 Å². The summed E-state index contributed by atoms with van der Waals surface area (Å²) >= 11 is 0. The first-order valence-corrected chi connectivity index (χ1v) is 9.68. The number of hydrogen-bond acceptors (Lipinski definition) is 3. The first kappa shape index (κ1) is 17.5. The normalized spacial score (nSPS) is 24.6. The van der Waals surface area contributed by atoms with Crippen LogP contribution in [0.1, 0.15) is 23.5 Å². The van der Waals surface area contributed by atoms with Crippen molar-refractivity contribution in [3.8, 4) is 5.75 Å². The molecule has 0 aliphatic carbocycles. The molecule has 1 saturated heterocycles. The Bertz CT molecular complexity index is 1070. The van der Waals surface area contributed by atoms with Crippen LogP contribution in [0, 0.1) is 5.92 Å². The molecule has 3 aromatic rings. The zero-order valence-electron chi connectivity index (χ0n) is 15.7. The van der Waals surface area contributed by atoms with Crippen LogP contribution in [-0.4, -0.2) is 11.8 Å². The molecule has 5 nitrogen and oxygen atoms in total. The van der Waals surface area contributed by atoms with Crippen molar-refractivity contribution in [3.05, 3.63) is 96.1 Å². The van der Waals surface area contributed by atoms with Crippen LogP contribution in [0.15, 0.2) is 84.9 Å². The van der Waals surface area contributed by atoms with E-state index in [-0.39, 0.29) is 17.7 Å². The minimum Gasteiger partial charge on any atom is -0.464 e. The predicted molar refractivity (Wildman–Crippen MR) is 109 cm³/mol. The third-order valence-electron chi connectivity index (χ3n) is 5.68. The van der Waals surface area contributed by atoms with Crippen LogP contribution < -0.4 is 15.4 Å². The summed E-state index contributed by atoms with van der Waals surface area (Å²) in [4.78, 5) is 26.3. The van der Waals surface area contributed by atoms with Gasteiger partial charge in [0.25, 0.3) is 0 Å². The van der Waals surface area contributed by atoms with Crippen molar-refractivity contribution in [2.75, 3.05) is 5.32 Å². The summed E-state index contributed by atoms with van der Waals surface area (Å²) in [6.07, 6.45) is 0.493. The summed E-state index contributed by atoms with van der Waals surface area (Å²) in [6.45, 7) is 0. The number of rotatable bonds is 3. The van der Waals surface area contributed by atoms with Crippen LogP contribution >= 0.6 is 0 Å². The number of para-hydroxylation sites is 2.